The van der Waals surface area contributed by atoms with Crippen LogP contribution in [0.5, 0.6) is 5.75 Å². The fraction of sp³-hybridized carbons (Fsp3) is 0.300. The van der Waals surface area contributed by atoms with Crippen LogP contribution in [0.4, 0.5) is 5.69 Å². The van der Waals surface area contributed by atoms with Crippen molar-refractivity contribution in [3.63, 3.8) is 0 Å². The molecule has 1 heterocycles. The monoisotopic (exact) mass is 177 g/mol. The molecule has 0 radical (unpaired) electrons. The topological polar surface area (TPSA) is 49.3 Å². The highest BCUT2D eigenvalue weighted by atomic mass is 16.3. The molecule has 1 aromatic carbocycles. The maximum atomic E-state index is 11.1. The molecular formula is C10H11NO2. The van der Waals surface area contributed by atoms with Gasteiger partial charge in [-0.2, -0.15) is 0 Å². The van der Waals surface area contributed by atoms with Crippen molar-refractivity contribution in [1.29, 1.82) is 0 Å². The number of hydrogen-bond donors (Lipinski definition) is 2. The highest BCUT2D eigenvalue weighted by Crippen LogP contribution is 2.33. The second-order valence-electron chi connectivity index (χ2n) is 3.42. The van der Waals surface area contributed by atoms with Crippen LogP contribution in [0, 0.1) is 0 Å². The Balaban J connectivity index is 2.49. The number of amides is 1. The average molecular weight is 177 g/mol. The SMILES string of the molecule is C[C@@H]1CC(=O)Nc2ccc(O)cc21. The molecule has 0 saturated heterocycles. The molecular weight excluding hydrogens is 166 g/mol. The van der Waals surface area contributed by atoms with Crippen molar-refractivity contribution < 1.29 is 9.90 Å². The number of anilines is 1. The normalized spacial score (nSPS) is 20.7. The van der Waals surface area contributed by atoms with E-state index in [2.05, 4.69) is 5.32 Å². The van der Waals surface area contributed by atoms with Gasteiger partial charge in [0.1, 0.15) is 5.75 Å². The Morgan fingerprint density at radius 2 is 2.31 bits per heavy atom. The van der Waals surface area contributed by atoms with Crippen LogP contribution < -0.4 is 5.32 Å². The zero-order valence-electron chi connectivity index (χ0n) is 7.37. The van der Waals surface area contributed by atoms with E-state index in [1.165, 1.54) is 0 Å². The van der Waals surface area contributed by atoms with Gasteiger partial charge in [0.15, 0.2) is 0 Å². The van der Waals surface area contributed by atoms with Crippen LogP contribution in [0.3, 0.4) is 0 Å². The molecule has 0 unspecified atom stereocenters. The van der Waals surface area contributed by atoms with Gasteiger partial charge in [0.2, 0.25) is 5.91 Å². The van der Waals surface area contributed by atoms with Crippen molar-refractivity contribution >= 4 is 11.6 Å². The summed E-state index contributed by atoms with van der Waals surface area (Å²) in [6, 6.07) is 5.02. The Hall–Kier alpha value is -1.51. The van der Waals surface area contributed by atoms with Crippen LogP contribution in [-0.2, 0) is 4.79 Å². The van der Waals surface area contributed by atoms with Gasteiger partial charge in [-0.15, -0.1) is 0 Å². The van der Waals surface area contributed by atoms with Gasteiger partial charge in [-0.25, -0.2) is 0 Å². The Labute approximate surface area is 76.4 Å². The number of rotatable bonds is 0. The predicted octanol–water partition coefficient (Wildman–Crippen LogP) is 1.84. The fourth-order valence-corrected chi connectivity index (χ4v) is 1.66. The van der Waals surface area contributed by atoms with Crippen LogP contribution in [0.15, 0.2) is 18.2 Å². The van der Waals surface area contributed by atoms with Gasteiger partial charge in [0, 0.05) is 12.1 Å². The van der Waals surface area contributed by atoms with Gasteiger partial charge in [-0.3, -0.25) is 4.79 Å². The highest BCUT2D eigenvalue weighted by Gasteiger charge is 2.21. The van der Waals surface area contributed by atoms with Crippen LogP contribution >= 0.6 is 0 Å². The Morgan fingerprint density at radius 3 is 3.08 bits per heavy atom. The summed E-state index contributed by atoms with van der Waals surface area (Å²) in [6.45, 7) is 1.98. The molecule has 1 amide bonds. The number of phenols is 1. The van der Waals surface area contributed by atoms with E-state index in [1.807, 2.05) is 6.92 Å². The standard InChI is InChI=1S/C10H11NO2/c1-6-4-10(13)11-9-3-2-7(12)5-8(6)9/h2-3,5-6,12H,4H2,1H3,(H,11,13)/t6-/m1/s1. The number of hydrogen-bond acceptors (Lipinski definition) is 2. The van der Waals surface area contributed by atoms with Crippen molar-refractivity contribution in [2.45, 2.75) is 19.3 Å². The molecule has 1 aromatic rings. The van der Waals surface area contributed by atoms with Crippen molar-refractivity contribution in [3.8, 4) is 5.75 Å². The zero-order valence-corrected chi connectivity index (χ0v) is 7.37. The lowest BCUT2D eigenvalue weighted by atomic mass is 9.92. The predicted molar refractivity (Wildman–Crippen MR) is 49.8 cm³/mol. The van der Waals surface area contributed by atoms with Crippen molar-refractivity contribution in [2.75, 3.05) is 5.32 Å². The molecule has 13 heavy (non-hydrogen) atoms. The second-order valence-corrected chi connectivity index (χ2v) is 3.42. The lowest BCUT2D eigenvalue weighted by Crippen LogP contribution is -2.21. The first-order chi connectivity index (χ1) is 6.16. The van der Waals surface area contributed by atoms with E-state index in [1.54, 1.807) is 18.2 Å². The number of fused-ring (bicyclic) bond motifs is 1. The summed E-state index contributed by atoms with van der Waals surface area (Å²) >= 11 is 0. The smallest absolute Gasteiger partial charge is 0.224 e. The van der Waals surface area contributed by atoms with Crippen LogP contribution in [0.1, 0.15) is 24.8 Å². The molecule has 3 nitrogen and oxygen atoms in total. The lowest BCUT2D eigenvalue weighted by molar-refractivity contribution is -0.116. The van der Waals surface area contributed by atoms with E-state index in [0.29, 0.717) is 6.42 Å². The summed E-state index contributed by atoms with van der Waals surface area (Å²) in [4.78, 5) is 11.1. The molecule has 1 atom stereocenters. The minimum Gasteiger partial charge on any atom is -0.508 e. The Kier molecular flexibility index (Phi) is 1.72. The summed E-state index contributed by atoms with van der Waals surface area (Å²) < 4.78 is 0. The number of phenolic OH excluding ortho intramolecular Hbond substituents is 1. The van der Waals surface area contributed by atoms with Gasteiger partial charge in [-0.05, 0) is 29.7 Å². The van der Waals surface area contributed by atoms with Crippen molar-refractivity contribution in [2.24, 2.45) is 0 Å². The van der Waals surface area contributed by atoms with Crippen LogP contribution in [0.2, 0.25) is 0 Å². The number of carbonyl (C=O) groups excluding carboxylic acids is 1. The van der Waals surface area contributed by atoms with Crippen LogP contribution in [0.25, 0.3) is 0 Å². The maximum absolute atomic E-state index is 11.1. The molecule has 2 rings (SSSR count). The number of nitrogens with one attached hydrogen (secondary N) is 1. The largest absolute Gasteiger partial charge is 0.508 e. The molecule has 0 fully saturated rings. The van der Waals surface area contributed by atoms with E-state index in [-0.39, 0.29) is 17.6 Å². The Bertz CT molecular complexity index is 360. The van der Waals surface area contributed by atoms with Gasteiger partial charge in [-0.1, -0.05) is 6.92 Å². The number of aromatic hydroxyl groups is 1. The molecule has 0 bridgehead atoms. The molecule has 0 saturated carbocycles. The number of carbonyl (C=O) groups is 1. The number of benzene rings is 1. The van der Waals surface area contributed by atoms with Gasteiger partial charge in [0.25, 0.3) is 0 Å². The first-order valence-corrected chi connectivity index (χ1v) is 4.29. The van der Waals surface area contributed by atoms with E-state index < -0.39 is 0 Å². The van der Waals surface area contributed by atoms with Gasteiger partial charge >= 0.3 is 0 Å². The first-order valence-electron chi connectivity index (χ1n) is 4.29. The highest BCUT2D eigenvalue weighted by molar-refractivity contribution is 5.94. The summed E-state index contributed by atoms with van der Waals surface area (Å²) in [5, 5.41) is 12.0. The summed E-state index contributed by atoms with van der Waals surface area (Å²) in [7, 11) is 0. The molecule has 68 valence electrons. The average Bonchev–Trinajstić information content (AvgIpc) is 2.06. The summed E-state index contributed by atoms with van der Waals surface area (Å²) in [6.07, 6.45) is 0.496. The molecule has 1 aliphatic heterocycles. The third-order valence-corrected chi connectivity index (χ3v) is 2.33. The zero-order chi connectivity index (χ0) is 9.42. The minimum absolute atomic E-state index is 0.0469. The molecule has 1 aliphatic rings. The summed E-state index contributed by atoms with van der Waals surface area (Å²) in [5.41, 5.74) is 1.83. The Morgan fingerprint density at radius 1 is 1.54 bits per heavy atom. The van der Waals surface area contributed by atoms with Gasteiger partial charge < -0.3 is 10.4 Å². The lowest BCUT2D eigenvalue weighted by Gasteiger charge is -2.22. The summed E-state index contributed by atoms with van der Waals surface area (Å²) in [5.74, 6) is 0.489. The van der Waals surface area contributed by atoms with Crippen LogP contribution in [-0.4, -0.2) is 11.0 Å². The molecule has 3 heteroatoms. The molecule has 0 aliphatic carbocycles. The van der Waals surface area contributed by atoms with Gasteiger partial charge in [0.05, 0.1) is 0 Å². The van der Waals surface area contributed by atoms with E-state index in [4.69, 9.17) is 0 Å². The fourth-order valence-electron chi connectivity index (χ4n) is 1.66. The second kappa shape index (κ2) is 2.76. The quantitative estimate of drug-likeness (QED) is 0.594. The van der Waals surface area contributed by atoms with E-state index in [0.717, 1.165) is 11.3 Å². The van der Waals surface area contributed by atoms with Crippen molar-refractivity contribution in [3.05, 3.63) is 23.8 Å². The third kappa shape index (κ3) is 1.37. The minimum atomic E-state index is 0.0469. The molecule has 0 aromatic heterocycles. The van der Waals surface area contributed by atoms with E-state index >= 15 is 0 Å². The first kappa shape index (κ1) is 8.10. The maximum Gasteiger partial charge on any atom is 0.224 e. The molecule has 2 N–H and O–H groups in total. The van der Waals surface area contributed by atoms with E-state index in [9.17, 15) is 9.90 Å². The molecule has 0 spiro atoms. The third-order valence-electron chi connectivity index (χ3n) is 2.33. The van der Waals surface area contributed by atoms with Crippen molar-refractivity contribution in [1.82, 2.24) is 0 Å².